The minimum atomic E-state index is -0.371. The molecule has 102 valence electrons. The van der Waals surface area contributed by atoms with Crippen LogP contribution in [0.25, 0.3) is 0 Å². The molecule has 2 aromatic carbocycles. The molecule has 1 atom stereocenters. The first-order chi connectivity index (χ1) is 9.70. The summed E-state index contributed by atoms with van der Waals surface area (Å²) >= 11 is 5.83. The monoisotopic (exact) mass is 286 g/mol. The van der Waals surface area contributed by atoms with Crippen LogP contribution in [-0.2, 0) is 16.0 Å². The Morgan fingerprint density at radius 1 is 1.05 bits per heavy atom. The maximum absolute atomic E-state index is 12.4. The van der Waals surface area contributed by atoms with Crippen LogP contribution in [0.1, 0.15) is 23.5 Å². The van der Waals surface area contributed by atoms with Gasteiger partial charge in [-0.05, 0) is 23.3 Å². The third-order valence-electron chi connectivity index (χ3n) is 3.21. The van der Waals surface area contributed by atoms with Gasteiger partial charge >= 0.3 is 0 Å². The average Bonchev–Trinajstić information content (AvgIpc) is 2.48. The van der Waals surface area contributed by atoms with Crippen molar-refractivity contribution >= 4 is 23.7 Å². The molecule has 0 spiro atoms. The third-order valence-corrected chi connectivity index (χ3v) is 3.47. The second kappa shape index (κ2) is 7.01. The molecule has 2 rings (SSSR count). The Balaban J connectivity index is 2.15. The van der Waals surface area contributed by atoms with Crippen LogP contribution in [0.15, 0.2) is 54.6 Å². The zero-order chi connectivity index (χ0) is 14.4. The average molecular weight is 287 g/mol. The highest BCUT2D eigenvalue weighted by Crippen LogP contribution is 2.22. The zero-order valence-electron chi connectivity index (χ0n) is 11.0. The molecule has 0 N–H and O–H groups in total. The third kappa shape index (κ3) is 3.78. The fraction of sp³-hybridized carbons (Fsp3) is 0.176. The first-order valence-electron chi connectivity index (χ1n) is 6.46. The van der Waals surface area contributed by atoms with Crippen LogP contribution in [-0.4, -0.2) is 12.1 Å². The SMILES string of the molecule is O=CCC(C(=O)Cc1ccc(Cl)cc1)c1ccccc1. The highest BCUT2D eigenvalue weighted by atomic mass is 35.5. The molecule has 0 amide bonds. The van der Waals surface area contributed by atoms with E-state index in [1.807, 2.05) is 42.5 Å². The summed E-state index contributed by atoms with van der Waals surface area (Å²) in [5.41, 5.74) is 1.80. The van der Waals surface area contributed by atoms with Crippen LogP contribution in [0.5, 0.6) is 0 Å². The van der Waals surface area contributed by atoms with Crippen molar-refractivity contribution in [2.75, 3.05) is 0 Å². The van der Waals surface area contributed by atoms with E-state index >= 15 is 0 Å². The van der Waals surface area contributed by atoms with Crippen LogP contribution in [0.3, 0.4) is 0 Å². The van der Waals surface area contributed by atoms with Crippen molar-refractivity contribution in [3.63, 3.8) is 0 Å². The number of Topliss-reactive ketones (excluding diaryl/α,β-unsaturated/α-hetero) is 1. The van der Waals surface area contributed by atoms with Crippen molar-refractivity contribution in [2.24, 2.45) is 0 Å². The van der Waals surface area contributed by atoms with E-state index in [-0.39, 0.29) is 18.1 Å². The molecule has 3 heteroatoms. The summed E-state index contributed by atoms with van der Waals surface area (Å²) in [5, 5.41) is 0.647. The quantitative estimate of drug-likeness (QED) is 0.757. The predicted octanol–water partition coefficient (Wildman–Crippen LogP) is 3.82. The lowest BCUT2D eigenvalue weighted by molar-refractivity contribution is -0.121. The lowest BCUT2D eigenvalue weighted by atomic mass is 9.89. The molecule has 0 aromatic heterocycles. The van der Waals surface area contributed by atoms with Gasteiger partial charge in [-0.15, -0.1) is 0 Å². The number of ketones is 1. The highest BCUT2D eigenvalue weighted by Gasteiger charge is 2.20. The predicted molar refractivity (Wildman–Crippen MR) is 80.0 cm³/mol. The smallest absolute Gasteiger partial charge is 0.145 e. The molecule has 0 fully saturated rings. The van der Waals surface area contributed by atoms with Crippen molar-refractivity contribution in [1.29, 1.82) is 0 Å². The van der Waals surface area contributed by atoms with Gasteiger partial charge in [0.2, 0.25) is 0 Å². The molecular weight excluding hydrogens is 272 g/mol. The number of hydrogen-bond acceptors (Lipinski definition) is 2. The Hall–Kier alpha value is -1.93. The van der Waals surface area contributed by atoms with Gasteiger partial charge in [0.1, 0.15) is 12.1 Å². The van der Waals surface area contributed by atoms with E-state index in [1.54, 1.807) is 12.1 Å². The number of rotatable bonds is 6. The van der Waals surface area contributed by atoms with Crippen molar-refractivity contribution in [1.82, 2.24) is 0 Å². The lowest BCUT2D eigenvalue weighted by Crippen LogP contribution is -2.15. The van der Waals surface area contributed by atoms with E-state index in [9.17, 15) is 9.59 Å². The highest BCUT2D eigenvalue weighted by molar-refractivity contribution is 6.30. The van der Waals surface area contributed by atoms with Crippen molar-refractivity contribution < 1.29 is 9.59 Å². The van der Waals surface area contributed by atoms with Crippen LogP contribution < -0.4 is 0 Å². The Morgan fingerprint density at radius 2 is 1.70 bits per heavy atom. The van der Waals surface area contributed by atoms with E-state index in [0.717, 1.165) is 17.4 Å². The minimum absolute atomic E-state index is 0.0469. The number of benzene rings is 2. The summed E-state index contributed by atoms with van der Waals surface area (Å²) in [5.74, 6) is -0.324. The standard InChI is InChI=1S/C17H15ClO2/c18-15-8-6-13(7-9-15)12-17(20)16(10-11-19)14-4-2-1-3-5-14/h1-9,11,16H,10,12H2. The first kappa shape index (κ1) is 14.5. The maximum atomic E-state index is 12.4. The van der Waals surface area contributed by atoms with Crippen LogP contribution in [0, 0.1) is 0 Å². The van der Waals surface area contributed by atoms with Gasteiger partial charge in [-0.3, -0.25) is 4.79 Å². The molecule has 2 aromatic rings. The number of halogens is 1. The van der Waals surface area contributed by atoms with Crippen LogP contribution >= 0.6 is 11.6 Å². The maximum Gasteiger partial charge on any atom is 0.145 e. The Kier molecular flexibility index (Phi) is 5.08. The topological polar surface area (TPSA) is 34.1 Å². The van der Waals surface area contributed by atoms with Gasteiger partial charge in [-0.25, -0.2) is 0 Å². The molecule has 20 heavy (non-hydrogen) atoms. The number of hydrogen-bond donors (Lipinski definition) is 0. The normalized spacial score (nSPS) is 11.8. The van der Waals surface area contributed by atoms with E-state index in [0.29, 0.717) is 11.4 Å². The molecule has 0 saturated heterocycles. The molecule has 0 heterocycles. The molecule has 0 radical (unpaired) electrons. The van der Waals surface area contributed by atoms with Crippen LogP contribution in [0.2, 0.25) is 5.02 Å². The Labute approximate surface area is 123 Å². The lowest BCUT2D eigenvalue weighted by Gasteiger charge is -2.13. The summed E-state index contributed by atoms with van der Waals surface area (Å²) in [4.78, 5) is 23.2. The molecule has 0 aliphatic carbocycles. The van der Waals surface area contributed by atoms with Crippen molar-refractivity contribution in [3.8, 4) is 0 Å². The van der Waals surface area contributed by atoms with E-state index in [4.69, 9.17) is 11.6 Å². The summed E-state index contributed by atoms with van der Waals surface area (Å²) in [6.45, 7) is 0. The van der Waals surface area contributed by atoms with E-state index in [2.05, 4.69) is 0 Å². The van der Waals surface area contributed by atoms with Gasteiger partial charge in [0, 0.05) is 23.8 Å². The van der Waals surface area contributed by atoms with Crippen molar-refractivity contribution in [2.45, 2.75) is 18.8 Å². The zero-order valence-corrected chi connectivity index (χ0v) is 11.7. The molecule has 0 bridgehead atoms. The fourth-order valence-electron chi connectivity index (χ4n) is 2.16. The largest absolute Gasteiger partial charge is 0.303 e. The second-order valence-electron chi connectivity index (χ2n) is 4.64. The fourth-order valence-corrected chi connectivity index (χ4v) is 2.29. The molecule has 2 nitrogen and oxygen atoms in total. The molecule has 0 aliphatic rings. The van der Waals surface area contributed by atoms with Gasteiger partial charge in [0.05, 0.1) is 0 Å². The molecule has 0 saturated carbocycles. The number of carbonyl (C=O) groups is 2. The summed E-state index contributed by atoms with van der Waals surface area (Å²) in [6, 6.07) is 16.6. The number of aldehydes is 1. The summed E-state index contributed by atoms with van der Waals surface area (Å²) in [7, 11) is 0. The van der Waals surface area contributed by atoms with Gasteiger partial charge in [-0.1, -0.05) is 54.1 Å². The van der Waals surface area contributed by atoms with Crippen molar-refractivity contribution in [3.05, 3.63) is 70.7 Å². The molecule has 0 aliphatic heterocycles. The molecular formula is C17H15ClO2. The van der Waals surface area contributed by atoms with Gasteiger partial charge in [0.25, 0.3) is 0 Å². The van der Waals surface area contributed by atoms with E-state index in [1.165, 1.54) is 0 Å². The van der Waals surface area contributed by atoms with Crippen LogP contribution in [0.4, 0.5) is 0 Å². The number of carbonyl (C=O) groups excluding carboxylic acids is 2. The minimum Gasteiger partial charge on any atom is -0.303 e. The second-order valence-corrected chi connectivity index (χ2v) is 5.07. The van der Waals surface area contributed by atoms with Gasteiger partial charge < -0.3 is 4.79 Å². The first-order valence-corrected chi connectivity index (χ1v) is 6.84. The Morgan fingerprint density at radius 3 is 2.30 bits per heavy atom. The van der Waals surface area contributed by atoms with E-state index < -0.39 is 0 Å². The van der Waals surface area contributed by atoms with Gasteiger partial charge in [-0.2, -0.15) is 0 Å². The summed E-state index contributed by atoms with van der Waals surface area (Å²) in [6.07, 6.45) is 1.33. The summed E-state index contributed by atoms with van der Waals surface area (Å²) < 4.78 is 0. The molecule has 1 unspecified atom stereocenters. The Bertz CT molecular complexity index is 576. The van der Waals surface area contributed by atoms with Gasteiger partial charge in [0.15, 0.2) is 0 Å².